The van der Waals surface area contributed by atoms with Crippen molar-refractivity contribution in [1.29, 1.82) is 0 Å². The van der Waals surface area contributed by atoms with Crippen LogP contribution in [0.3, 0.4) is 0 Å². The molecule has 0 radical (unpaired) electrons. The number of carbonyl (C=O) groups is 2. The lowest BCUT2D eigenvalue weighted by Crippen LogP contribution is -2.29. The molecule has 0 aliphatic carbocycles. The molecule has 0 aromatic carbocycles. The van der Waals surface area contributed by atoms with Gasteiger partial charge in [-0.1, -0.05) is 0 Å². The van der Waals surface area contributed by atoms with Gasteiger partial charge in [0, 0.05) is 13.1 Å². The van der Waals surface area contributed by atoms with Crippen molar-refractivity contribution in [3.63, 3.8) is 0 Å². The first-order valence-electron chi connectivity index (χ1n) is 5.55. The number of amides is 2. The Bertz CT molecular complexity index is 202. The van der Waals surface area contributed by atoms with Gasteiger partial charge < -0.3 is 25.4 Å². The highest BCUT2D eigenvalue weighted by Gasteiger charge is 1.97. The number of alkyl carbamates (subject to hydrolysis) is 2. The second kappa shape index (κ2) is 11.0. The van der Waals surface area contributed by atoms with Crippen LogP contribution < -0.4 is 16.0 Å². The van der Waals surface area contributed by atoms with Gasteiger partial charge >= 0.3 is 12.2 Å². The number of rotatable bonds is 8. The summed E-state index contributed by atoms with van der Waals surface area (Å²) >= 11 is 0. The molecule has 0 unspecified atom stereocenters. The maximum atomic E-state index is 10.7. The standard InChI is InChI=1S/C10H21N3O4/c1-16-9(14)12-7-3-5-11-6-4-8-13-10(15)17-2/h11H,3-8H2,1-2H3,(H,12,14)(H,13,15). The fourth-order valence-electron chi connectivity index (χ4n) is 1.08. The lowest BCUT2D eigenvalue weighted by molar-refractivity contribution is 0.170. The molecule has 0 fully saturated rings. The quantitative estimate of drug-likeness (QED) is 0.528. The topological polar surface area (TPSA) is 88.7 Å². The number of ether oxygens (including phenoxy) is 2. The fourth-order valence-corrected chi connectivity index (χ4v) is 1.08. The molecule has 7 nitrogen and oxygen atoms in total. The van der Waals surface area contributed by atoms with Crippen LogP contribution in [0.1, 0.15) is 12.8 Å². The first kappa shape index (κ1) is 15.5. The SMILES string of the molecule is COC(=O)NCCCNCCCNC(=O)OC. The predicted molar refractivity (Wildman–Crippen MR) is 62.9 cm³/mol. The van der Waals surface area contributed by atoms with E-state index in [1.807, 2.05) is 0 Å². The van der Waals surface area contributed by atoms with E-state index < -0.39 is 12.2 Å². The van der Waals surface area contributed by atoms with E-state index in [2.05, 4.69) is 25.4 Å². The molecular formula is C10H21N3O4. The first-order valence-corrected chi connectivity index (χ1v) is 5.55. The molecule has 0 spiro atoms. The Kier molecular flexibility index (Phi) is 10.0. The van der Waals surface area contributed by atoms with Crippen LogP contribution in [0.2, 0.25) is 0 Å². The Labute approximate surface area is 101 Å². The predicted octanol–water partition coefficient (Wildman–Crippen LogP) is 0.0682. The Morgan fingerprint density at radius 1 is 0.824 bits per heavy atom. The largest absolute Gasteiger partial charge is 0.453 e. The van der Waals surface area contributed by atoms with Gasteiger partial charge in [-0.15, -0.1) is 0 Å². The monoisotopic (exact) mass is 247 g/mol. The lowest BCUT2D eigenvalue weighted by atomic mass is 10.4. The van der Waals surface area contributed by atoms with E-state index in [-0.39, 0.29) is 0 Å². The Balaban J connectivity index is 3.08. The second-order valence-corrected chi connectivity index (χ2v) is 3.29. The molecule has 0 bridgehead atoms. The van der Waals surface area contributed by atoms with Crippen molar-refractivity contribution in [2.75, 3.05) is 40.4 Å². The fraction of sp³-hybridized carbons (Fsp3) is 0.800. The molecule has 0 aliphatic heterocycles. The van der Waals surface area contributed by atoms with Crippen molar-refractivity contribution in [2.24, 2.45) is 0 Å². The Morgan fingerprint density at radius 2 is 1.24 bits per heavy atom. The van der Waals surface area contributed by atoms with E-state index in [0.717, 1.165) is 25.9 Å². The molecule has 0 aromatic heterocycles. The van der Waals surface area contributed by atoms with Crippen LogP contribution in [0.25, 0.3) is 0 Å². The van der Waals surface area contributed by atoms with Crippen molar-refractivity contribution in [3.05, 3.63) is 0 Å². The zero-order valence-electron chi connectivity index (χ0n) is 10.4. The van der Waals surface area contributed by atoms with Gasteiger partial charge in [-0.05, 0) is 25.9 Å². The number of nitrogens with one attached hydrogen (secondary N) is 3. The third-order valence-electron chi connectivity index (χ3n) is 1.97. The van der Waals surface area contributed by atoms with Crippen molar-refractivity contribution in [2.45, 2.75) is 12.8 Å². The third-order valence-corrected chi connectivity index (χ3v) is 1.97. The highest BCUT2D eigenvalue weighted by atomic mass is 16.5. The van der Waals surface area contributed by atoms with Gasteiger partial charge in [-0.25, -0.2) is 9.59 Å². The number of carbonyl (C=O) groups excluding carboxylic acids is 2. The van der Waals surface area contributed by atoms with Gasteiger partial charge in [-0.2, -0.15) is 0 Å². The lowest BCUT2D eigenvalue weighted by Gasteiger charge is -2.06. The number of hydrogen-bond acceptors (Lipinski definition) is 5. The van der Waals surface area contributed by atoms with Gasteiger partial charge in [-0.3, -0.25) is 0 Å². The van der Waals surface area contributed by atoms with E-state index in [0.29, 0.717) is 13.1 Å². The zero-order valence-corrected chi connectivity index (χ0v) is 10.4. The molecule has 7 heteroatoms. The molecule has 0 heterocycles. The third kappa shape index (κ3) is 10.8. The van der Waals surface area contributed by atoms with E-state index in [1.54, 1.807) is 0 Å². The molecule has 0 aliphatic rings. The number of methoxy groups -OCH3 is 2. The minimum Gasteiger partial charge on any atom is -0.453 e. The van der Waals surface area contributed by atoms with Gasteiger partial charge in [0.15, 0.2) is 0 Å². The smallest absolute Gasteiger partial charge is 0.406 e. The summed E-state index contributed by atoms with van der Waals surface area (Å²) in [6.45, 7) is 2.78. The molecule has 100 valence electrons. The molecule has 17 heavy (non-hydrogen) atoms. The first-order chi connectivity index (χ1) is 8.20. The molecule has 0 saturated carbocycles. The van der Waals surface area contributed by atoms with Crippen LogP contribution in [0.4, 0.5) is 9.59 Å². The highest BCUT2D eigenvalue weighted by Crippen LogP contribution is 1.79. The van der Waals surface area contributed by atoms with Gasteiger partial charge in [0.2, 0.25) is 0 Å². The molecule has 0 rings (SSSR count). The molecule has 2 amide bonds. The van der Waals surface area contributed by atoms with Crippen molar-refractivity contribution in [3.8, 4) is 0 Å². The van der Waals surface area contributed by atoms with Crippen molar-refractivity contribution < 1.29 is 19.1 Å². The Hall–Kier alpha value is -1.50. The highest BCUT2D eigenvalue weighted by molar-refractivity contribution is 5.67. The van der Waals surface area contributed by atoms with Crippen molar-refractivity contribution >= 4 is 12.2 Å². The molecule has 0 aromatic rings. The van der Waals surface area contributed by atoms with Crippen LogP contribution in [0.15, 0.2) is 0 Å². The normalized spacial score (nSPS) is 9.53. The summed E-state index contributed by atoms with van der Waals surface area (Å²) in [6, 6.07) is 0. The summed E-state index contributed by atoms with van der Waals surface area (Å²) in [7, 11) is 2.67. The van der Waals surface area contributed by atoms with Crippen molar-refractivity contribution in [1.82, 2.24) is 16.0 Å². The van der Waals surface area contributed by atoms with Crippen LogP contribution in [0, 0.1) is 0 Å². The average Bonchev–Trinajstić information content (AvgIpc) is 2.35. The van der Waals surface area contributed by atoms with E-state index in [4.69, 9.17) is 0 Å². The summed E-state index contributed by atoms with van der Waals surface area (Å²) in [5.41, 5.74) is 0. The summed E-state index contributed by atoms with van der Waals surface area (Å²) < 4.78 is 8.84. The average molecular weight is 247 g/mol. The zero-order chi connectivity index (χ0) is 12.9. The molecule has 3 N–H and O–H groups in total. The van der Waals surface area contributed by atoms with Gasteiger partial charge in [0.1, 0.15) is 0 Å². The van der Waals surface area contributed by atoms with E-state index >= 15 is 0 Å². The van der Waals surface area contributed by atoms with Gasteiger partial charge in [0.05, 0.1) is 14.2 Å². The van der Waals surface area contributed by atoms with Crippen LogP contribution in [-0.4, -0.2) is 52.6 Å². The molecular weight excluding hydrogens is 226 g/mol. The summed E-state index contributed by atoms with van der Waals surface area (Å²) in [6.07, 6.45) is 0.846. The minimum absolute atomic E-state index is 0.410. The molecule has 0 atom stereocenters. The summed E-state index contributed by atoms with van der Waals surface area (Å²) in [5, 5.41) is 8.35. The maximum Gasteiger partial charge on any atom is 0.406 e. The van der Waals surface area contributed by atoms with Crippen LogP contribution in [0.5, 0.6) is 0 Å². The van der Waals surface area contributed by atoms with Gasteiger partial charge in [0.25, 0.3) is 0 Å². The van der Waals surface area contributed by atoms with E-state index in [9.17, 15) is 9.59 Å². The maximum absolute atomic E-state index is 10.7. The summed E-state index contributed by atoms with van der Waals surface area (Å²) in [5.74, 6) is 0. The number of hydrogen-bond donors (Lipinski definition) is 3. The molecule has 0 saturated heterocycles. The Morgan fingerprint density at radius 3 is 1.59 bits per heavy atom. The van der Waals surface area contributed by atoms with Crippen LogP contribution in [-0.2, 0) is 9.47 Å². The van der Waals surface area contributed by atoms with E-state index in [1.165, 1.54) is 14.2 Å². The second-order valence-electron chi connectivity index (χ2n) is 3.29. The summed E-state index contributed by atoms with van der Waals surface area (Å²) in [4.78, 5) is 21.3. The minimum atomic E-state index is -0.410. The van der Waals surface area contributed by atoms with Crippen LogP contribution >= 0.6 is 0 Å².